The second-order valence-electron chi connectivity index (χ2n) is 2.80. The van der Waals surface area contributed by atoms with Gasteiger partial charge in [-0.1, -0.05) is 0 Å². The molecule has 0 aliphatic heterocycles. The van der Waals surface area contributed by atoms with Gasteiger partial charge in [0, 0.05) is 6.07 Å². The Morgan fingerprint density at radius 1 is 1.13 bits per heavy atom. The molecule has 0 fully saturated rings. The van der Waals surface area contributed by atoms with Gasteiger partial charge < -0.3 is 10.2 Å². The number of benzene rings is 1. The summed E-state index contributed by atoms with van der Waals surface area (Å²) in [5.41, 5.74) is -1.10. The highest BCUT2D eigenvalue weighted by molar-refractivity contribution is 5.88. The predicted molar refractivity (Wildman–Crippen MR) is 44.7 cm³/mol. The topological polar surface area (TPSA) is 74.6 Å². The fourth-order valence-corrected chi connectivity index (χ4v) is 1.06. The van der Waals surface area contributed by atoms with E-state index in [-0.39, 0.29) is 5.56 Å². The summed E-state index contributed by atoms with van der Waals surface area (Å²) in [5.74, 6) is -5.19. The molecular formula is C9H6F2O4. The van der Waals surface area contributed by atoms with E-state index in [1.807, 2.05) is 0 Å². The fraction of sp³-hybridized carbons (Fsp3) is 0.111. The number of carboxylic acid groups (broad SMARTS) is 2. The monoisotopic (exact) mass is 216 g/mol. The smallest absolute Gasteiger partial charge is 0.338 e. The van der Waals surface area contributed by atoms with Crippen LogP contribution in [0.3, 0.4) is 0 Å². The normalized spacial score (nSPS) is 10.0. The van der Waals surface area contributed by atoms with Gasteiger partial charge in [0.1, 0.15) is 11.6 Å². The van der Waals surface area contributed by atoms with Crippen LogP contribution >= 0.6 is 0 Å². The van der Waals surface area contributed by atoms with Gasteiger partial charge >= 0.3 is 11.9 Å². The number of aliphatic carboxylic acids is 1. The first-order valence-corrected chi connectivity index (χ1v) is 3.85. The van der Waals surface area contributed by atoms with E-state index in [0.29, 0.717) is 12.1 Å². The number of carboxylic acids is 2. The molecule has 0 aromatic heterocycles. The van der Waals surface area contributed by atoms with Crippen molar-refractivity contribution in [3.05, 3.63) is 34.9 Å². The van der Waals surface area contributed by atoms with E-state index in [4.69, 9.17) is 10.2 Å². The van der Waals surface area contributed by atoms with Crippen molar-refractivity contribution in [2.75, 3.05) is 0 Å². The Balaban J connectivity index is 3.23. The molecule has 1 aromatic carbocycles. The quantitative estimate of drug-likeness (QED) is 0.798. The summed E-state index contributed by atoms with van der Waals surface area (Å²) in [6, 6.07) is 1.04. The number of carbonyl (C=O) groups is 2. The average Bonchev–Trinajstić information content (AvgIpc) is 2.08. The SMILES string of the molecule is O=C(O)Cc1cc(C(=O)O)c(F)cc1F. The lowest BCUT2D eigenvalue weighted by atomic mass is 10.1. The number of hydrogen-bond donors (Lipinski definition) is 2. The number of hydrogen-bond acceptors (Lipinski definition) is 2. The van der Waals surface area contributed by atoms with Crippen LogP contribution in [-0.2, 0) is 11.2 Å². The van der Waals surface area contributed by atoms with Crippen LogP contribution in [0.2, 0.25) is 0 Å². The standard InChI is InChI=1S/C9H6F2O4/c10-6-3-7(11)5(9(14)15)1-4(6)2-8(12)13/h1,3H,2H2,(H,12,13)(H,14,15). The fourth-order valence-electron chi connectivity index (χ4n) is 1.06. The van der Waals surface area contributed by atoms with Crippen LogP contribution in [-0.4, -0.2) is 22.2 Å². The lowest BCUT2D eigenvalue weighted by Gasteiger charge is -2.03. The first-order valence-electron chi connectivity index (χ1n) is 3.85. The first-order chi connectivity index (χ1) is 6.91. The Hall–Kier alpha value is -1.98. The highest BCUT2D eigenvalue weighted by Gasteiger charge is 2.16. The van der Waals surface area contributed by atoms with Crippen molar-refractivity contribution < 1.29 is 28.6 Å². The van der Waals surface area contributed by atoms with Gasteiger partial charge in [-0.3, -0.25) is 4.79 Å². The first kappa shape index (κ1) is 11.1. The summed E-state index contributed by atoms with van der Waals surface area (Å²) >= 11 is 0. The van der Waals surface area contributed by atoms with Crippen molar-refractivity contribution in [2.45, 2.75) is 6.42 Å². The largest absolute Gasteiger partial charge is 0.481 e. The summed E-state index contributed by atoms with van der Waals surface area (Å²) in [6.45, 7) is 0. The second-order valence-corrected chi connectivity index (χ2v) is 2.80. The van der Waals surface area contributed by atoms with Crippen LogP contribution in [0.25, 0.3) is 0 Å². The Morgan fingerprint density at radius 3 is 2.20 bits per heavy atom. The molecule has 0 saturated heterocycles. The minimum atomic E-state index is -1.57. The van der Waals surface area contributed by atoms with E-state index in [0.717, 1.165) is 0 Å². The Labute approximate surface area is 82.8 Å². The zero-order valence-corrected chi connectivity index (χ0v) is 7.33. The number of aromatic carboxylic acids is 1. The van der Waals surface area contributed by atoms with Crippen LogP contribution in [0, 0.1) is 11.6 Å². The molecule has 15 heavy (non-hydrogen) atoms. The highest BCUT2D eigenvalue weighted by atomic mass is 19.1. The van der Waals surface area contributed by atoms with Crippen LogP contribution in [0.1, 0.15) is 15.9 Å². The Kier molecular flexibility index (Phi) is 2.99. The molecule has 0 bridgehead atoms. The van der Waals surface area contributed by atoms with Crippen molar-refractivity contribution in [1.82, 2.24) is 0 Å². The maximum atomic E-state index is 13.0. The van der Waals surface area contributed by atoms with Gasteiger partial charge in [0.25, 0.3) is 0 Å². The average molecular weight is 216 g/mol. The van der Waals surface area contributed by atoms with Gasteiger partial charge in [-0.05, 0) is 11.6 Å². The molecule has 0 spiro atoms. The highest BCUT2D eigenvalue weighted by Crippen LogP contribution is 2.15. The number of halogens is 2. The van der Waals surface area contributed by atoms with E-state index < -0.39 is 35.6 Å². The zero-order chi connectivity index (χ0) is 11.6. The van der Waals surface area contributed by atoms with Crippen LogP contribution in [0.15, 0.2) is 12.1 Å². The molecule has 80 valence electrons. The van der Waals surface area contributed by atoms with Crippen molar-refractivity contribution in [2.24, 2.45) is 0 Å². The van der Waals surface area contributed by atoms with Gasteiger partial charge in [-0.25, -0.2) is 13.6 Å². The number of rotatable bonds is 3. The lowest BCUT2D eigenvalue weighted by molar-refractivity contribution is -0.136. The minimum Gasteiger partial charge on any atom is -0.481 e. The molecule has 0 amide bonds. The van der Waals surface area contributed by atoms with Gasteiger partial charge in [-0.15, -0.1) is 0 Å². The molecule has 0 radical (unpaired) electrons. The maximum absolute atomic E-state index is 13.0. The van der Waals surface area contributed by atoms with Crippen LogP contribution in [0.4, 0.5) is 8.78 Å². The summed E-state index contributed by atoms with van der Waals surface area (Å²) < 4.78 is 25.8. The van der Waals surface area contributed by atoms with E-state index in [2.05, 4.69) is 0 Å². The maximum Gasteiger partial charge on any atom is 0.338 e. The third-order valence-corrected chi connectivity index (χ3v) is 1.71. The van der Waals surface area contributed by atoms with Crippen molar-refractivity contribution in [3.63, 3.8) is 0 Å². The molecule has 0 saturated carbocycles. The second kappa shape index (κ2) is 4.04. The molecule has 0 heterocycles. The van der Waals surface area contributed by atoms with Crippen LogP contribution in [0.5, 0.6) is 0 Å². The molecular weight excluding hydrogens is 210 g/mol. The molecule has 0 atom stereocenters. The molecule has 0 unspecified atom stereocenters. The van der Waals surface area contributed by atoms with Gasteiger partial charge in [-0.2, -0.15) is 0 Å². The molecule has 4 nitrogen and oxygen atoms in total. The van der Waals surface area contributed by atoms with Crippen molar-refractivity contribution >= 4 is 11.9 Å². The van der Waals surface area contributed by atoms with E-state index in [1.54, 1.807) is 0 Å². The summed E-state index contributed by atoms with van der Waals surface area (Å²) in [4.78, 5) is 20.7. The third-order valence-electron chi connectivity index (χ3n) is 1.71. The lowest BCUT2D eigenvalue weighted by Crippen LogP contribution is -2.07. The molecule has 2 N–H and O–H groups in total. The van der Waals surface area contributed by atoms with E-state index in [9.17, 15) is 18.4 Å². The summed E-state index contributed by atoms with van der Waals surface area (Å²) in [5, 5.41) is 16.9. The zero-order valence-electron chi connectivity index (χ0n) is 7.33. The Bertz CT molecular complexity index is 428. The van der Waals surface area contributed by atoms with E-state index in [1.165, 1.54) is 0 Å². The predicted octanol–water partition coefficient (Wildman–Crippen LogP) is 1.29. The van der Waals surface area contributed by atoms with Gasteiger partial charge in [0.15, 0.2) is 0 Å². The minimum absolute atomic E-state index is 0.360. The Morgan fingerprint density at radius 2 is 1.73 bits per heavy atom. The van der Waals surface area contributed by atoms with Gasteiger partial charge in [0.05, 0.1) is 12.0 Å². The summed E-state index contributed by atoms with van der Waals surface area (Å²) in [6.07, 6.45) is -0.688. The molecule has 0 aliphatic rings. The third kappa shape index (κ3) is 2.49. The molecule has 1 aromatic rings. The summed E-state index contributed by atoms with van der Waals surface area (Å²) in [7, 11) is 0. The molecule has 1 rings (SSSR count). The molecule has 0 aliphatic carbocycles. The van der Waals surface area contributed by atoms with Crippen LogP contribution < -0.4 is 0 Å². The molecule has 6 heteroatoms. The van der Waals surface area contributed by atoms with E-state index >= 15 is 0 Å². The van der Waals surface area contributed by atoms with Crippen molar-refractivity contribution in [3.8, 4) is 0 Å². The van der Waals surface area contributed by atoms with Crippen molar-refractivity contribution in [1.29, 1.82) is 0 Å². The van der Waals surface area contributed by atoms with Gasteiger partial charge in [0.2, 0.25) is 0 Å².